The van der Waals surface area contributed by atoms with E-state index in [9.17, 15) is 14.0 Å². The molecule has 0 spiro atoms. The Bertz CT molecular complexity index is 472. The molecular formula is C14H16FNO3. The molecule has 0 unspecified atom stereocenters. The minimum absolute atomic E-state index is 0.0371. The van der Waals surface area contributed by atoms with E-state index in [4.69, 9.17) is 4.74 Å². The number of carbonyl (C=O) groups is 2. The molecule has 0 aromatic heterocycles. The maximum atomic E-state index is 12.7. The monoisotopic (exact) mass is 265 g/mol. The Balaban J connectivity index is 1.67. The summed E-state index contributed by atoms with van der Waals surface area (Å²) in [5.41, 5.74) is 0.789. The highest BCUT2D eigenvalue weighted by Crippen LogP contribution is 2.38. The van der Waals surface area contributed by atoms with Crippen LogP contribution in [0, 0.1) is 17.7 Å². The Kier molecular flexibility index (Phi) is 4.14. The Morgan fingerprint density at radius 2 is 2.00 bits per heavy atom. The van der Waals surface area contributed by atoms with Crippen molar-refractivity contribution >= 4 is 11.9 Å². The van der Waals surface area contributed by atoms with E-state index < -0.39 is 0 Å². The Hall–Kier alpha value is -1.91. The lowest BCUT2D eigenvalue weighted by Crippen LogP contribution is -2.28. The molecule has 4 nitrogen and oxygen atoms in total. The summed E-state index contributed by atoms with van der Waals surface area (Å²) >= 11 is 0. The molecule has 1 aliphatic rings. The van der Waals surface area contributed by atoms with Gasteiger partial charge in [0.25, 0.3) is 5.91 Å². The van der Waals surface area contributed by atoms with E-state index in [0.717, 1.165) is 12.0 Å². The van der Waals surface area contributed by atoms with Crippen molar-refractivity contribution in [1.82, 2.24) is 5.32 Å². The maximum absolute atomic E-state index is 12.7. The molecule has 0 bridgehead atoms. The number of carbonyl (C=O) groups excluding carboxylic acids is 2. The SMILES string of the molecule is C[C@@H]1C[C@@H]1C(=O)OCC(=O)NCc1ccc(F)cc1. The van der Waals surface area contributed by atoms with Crippen molar-refractivity contribution in [1.29, 1.82) is 0 Å². The normalized spacial score (nSPS) is 20.7. The van der Waals surface area contributed by atoms with Gasteiger partial charge >= 0.3 is 5.97 Å². The van der Waals surface area contributed by atoms with Gasteiger partial charge in [-0.3, -0.25) is 9.59 Å². The number of benzene rings is 1. The standard InChI is InChI=1S/C14H16FNO3/c1-9-6-12(9)14(18)19-8-13(17)16-7-10-2-4-11(15)5-3-10/h2-5,9,12H,6-8H2,1H3,(H,16,17)/t9-,12+/m1/s1. The van der Waals surface area contributed by atoms with Crippen LogP contribution in [-0.4, -0.2) is 18.5 Å². The molecule has 102 valence electrons. The van der Waals surface area contributed by atoms with Gasteiger partial charge in [0.15, 0.2) is 6.61 Å². The van der Waals surface area contributed by atoms with Crippen molar-refractivity contribution < 1.29 is 18.7 Å². The van der Waals surface area contributed by atoms with Gasteiger partial charge in [-0.25, -0.2) is 4.39 Å². The highest BCUT2D eigenvalue weighted by molar-refractivity contribution is 5.82. The molecule has 1 aromatic carbocycles. The van der Waals surface area contributed by atoms with E-state index >= 15 is 0 Å². The van der Waals surface area contributed by atoms with Crippen LogP contribution in [0.25, 0.3) is 0 Å². The van der Waals surface area contributed by atoms with E-state index in [2.05, 4.69) is 5.32 Å². The molecule has 0 radical (unpaired) electrons. The topological polar surface area (TPSA) is 55.4 Å². The van der Waals surface area contributed by atoms with Crippen LogP contribution in [0.2, 0.25) is 0 Å². The summed E-state index contributed by atoms with van der Waals surface area (Å²) < 4.78 is 17.6. The maximum Gasteiger partial charge on any atom is 0.309 e. The Labute approximate surface area is 110 Å². The second-order valence-corrected chi connectivity index (χ2v) is 4.83. The quantitative estimate of drug-likeness (QED) is 0.823. The number of esters is 1. The zero-order valence-corrected chi connectivity index (χ0v) is 10.7. The van der Waals surface area contributed by atoms with Crippen LogP contribution in [0.1, 0.15) is 18.9 Å². The van der Waals surface area contributed by atoms with Crippen LogP contribution in [0.5, 0.6) is 0 Å². The van der Waals surface area contributed by atoms with Crippen LogP contribution in [0.3, 0.4) is 0 Å². The van der Waals surface area contributed by atoms with E-state index in [-0.39, 0.29) is 36.8 Å². The average molecular weight is 265 g/mol. The molecule has 1 aliphatic carbocycles. The minimum Gasteiger partial charge on any atom is -0.455 e. The summed E-state index contributed by atoms with van der Waals surface area (Å²) in [7, 11) is 0. The fourth-order valence-electron chi connectivity index (χ4n) is 1.75. The second kappa shape index (κ2) is 5.82. The van der Waals surface area contributed by atoms with Gasteiger partial charge in [0.05, 0.1) is 5.92 Å². The highest BCUT2D eigenvalue weighted by Gasteiger charge is 2.40. The molecule has 1 saturated carbocycles. The van der Waals surface area contributed by atoms with Crippen LogP contribution in [0.15, 0.2) is 24.3 Å². The van der Waals surface area contributed by atoms with Crippen molar-refractivity contribution in [3.63, 3.8) is 0 Å². The van der Waals surface area contributed by atoms with Gasteiger partial charge in [-0.15, -0.1) is 0 Å². The van der Waals surface area contributed by atoms with Crippen LogP contribution in [-0.2, 0) is 20.9 Å². The zero-order chi connectivity index (χ0) is 13.8. The summed E-state index contributed by atoms with van der Waals surface area (Å²) in [6.45, 7) is 2.00. The van der Waals surface area contributed by atoms with E-state index in [0.29, 0.717) is 5.92 Å². The third-order valence-electron chi connectivity index (χ3n) is 3.16. The van der Waals surface area contributed by atoms with Crippen molar-refractivity contribution in [2.45, 2.75) is 19.9 Å². The number of hydrogen-bond donors (Lipinski definition) is 1. The van der Waals surface area contributed by atoms with E-state index in [1.807, 2.05) is 6.92 Å². The molecule has 0 saturated heterocycles. The summed E-state index contributed by atoms with van der Waals surface area (Å²) in [4.78, 5) is 22.8. The predicted octanol–water partition coefficient (Wildman–Crippen LogP) is 1.64. The molecule has 1 fully saturated rings. The molecule has 1 N–H and O–H groups in total. The third kappa shape index (κ3) is 4.05. The van der Waals surface area contributed by atoms with E-state index in [1.54, 1.807) is 12.1 Å². The summed E-state index contributed by atoms with van der Waals surface area (Å²) in [6, 6.07) is 5.84. The number of halogens is 1. The first kappa shape index (κ1) is 13.5. The highest BCUT2D eigenvalue weighted by atomic mass is 19.1. The molecule has 0 aliphatic heterocycles. The van der Waals surface area contributed by atoms with Gasteiger partial charge in [0.2, 0.25) is 0 Å². The van der Waals surface area contributed by atoms with E-state index in [1.165, 1.54) is 12.1 Å². The summed E-state index contributed by atoms with van der Waals surface area (Å²) in [5, 5.41) is 2.61. The van der Waals surface area contributed by atoms with Crippen molar-refractivity contribution in [3.05, 3.63) is 35.6 Å². The molecular weight excluding hydrogens is 249 g/mol. The molecule has 19 heavy (non-hydrogen) atoms. The van der Waals surface area contributed by atoms with Gasteiger partial charge in [0.1, 0.15) is 5.82 Å². The number of ether oxygens (including phenoxy) is 1. The molecule has 2 rings (SSSR count). The average Bonchev–Trinajstić information content (AvgIpc) is 3.12. The van der Waals surface area contributed by atoms with Crippen LogP contribution >= 0.6 is 0 Å². The third-order valence-corrected chi connectivity index (χ3v) is 3.16. The number of amides is 1. The van der Waals surface area contributed by atoms with Gasteiger partial charge in [-0.05, 0) is 30.0 Å². The number of rotatable bonds is 5. The van der Waals surface area contributed by atoms with Gasteiger partial charge in [-0.1, -0.05) is 19.1 Å². The lowest BCUT2D eigenvalue weighted by atomic mass is 10.2. The number of nitrogens with one attached hydrogen (secondary N) is 1. The summed E-state index contributed by atoms with van der Waals surface area (Å²) in [5.74, 6) is -0.641. The molecule has 1 amide bonds. The Morgan fingerprint density at radius 3 is 2.58 bits per heavy atom. The van der Waals surface area contributed by atoms with Gasteiger partial charge in [-0.2, -0.15) is 0 Å². The minimum atomic E-state index is -0.356. The van der Waals surface area contributed by atoms with Crippen LogP contribution < -0.4 is 5.32 Å². The first-order valence-electron chi connectivity index (χ1n) is 6.24. The fraction of sp³-hybridized carbons (Fsp3) is 0.429. The van der Waals surface area contributed by atoms with Gasteiger partial charge < -0.3 is 10.1 Å². The van der Waals surface area contributed by atoms with Crippen LogP contribution in [0.4, 0.5) is 4.39 Å². The van der Waals surface area contributed by atoms with Crippen molar-refractivity contribution in [3.8, 4) is 0 Å². The molecule has 5 heteroatoms. The lowest BCUT2D eigenvalue weighted by molar-refractivity contribution is -0.150. The summed E-state index contributed by atoms with van der Waals surface area (Å²) in [6.07, 6.45) is 0.843. The number of hydrogen-bond acceptors (Lipinski definition) is 3. The lowest BCUT2D eigenvalue weighted by Gasteiger charge is -2.06. The molecule has 1 aromatic rings. The second-order valence-electron chi connectivity index (χ2n) is 4.83. The molecule has 0 heterocycles. The smallest absolute Gasteiger partial charge is 0.309 e. The predicted molar refractivity (Wildman–Crippen MR) is 66.5 cm³/mol. The largest absolute Gasteiger partial charge is 0.455 e. The first-order chi connectivity index (χ1) is 9.06. The fourth-order valence-corrected chi connectivity index (χ4v) is 1.75. The zero-order valence-electron chi connectivity index (χ0n) is 10.7. The first-order valence-corrected chi connectivity index (χ1v) is 6.24. The van der Waals surface area contributed by atoms with Crippen molar-refractivity contribution in [2.75, 3.05) is 6.61 Å². The Morgan fingerprint density at radius 1 is 1.37 bits per heavy atom. The molecule has 2 atom stereocenters. The van der Waals surface area contributed by atoms with Gasteiger partial charge in [0, 0.05) is 6.54 Å². The van der Waals surface area contributed by atoms with Crippen molar-refractivity contribution in [2.24, 2.45) is 11.8 Å².